The van der Waals surface area contributed by atoms with Gasteiger partial charge in [0.05, 0.1) is 18.2 Å². The SMILES string of the molecule is CCCNCC1COCCN1Cc1cccc(Cl)c1F. The molecule has 1 unspecified atom stereocenters. The molecular weight excluding hydrogens is 279 g/mol. The lowest BCUT2D eigenvalue weighted by molar-refractivity contribution is -0.0112. The fourth-order valence-electron chi connectivity index (χ4n) is 2.42. The lowest BCUT2D eigenvalue weighted by atomic mass is 10.1. The number of morpholine rings is 1. The Morgan fingerprint density at radius 3 is 3.15 bits per heavy atom. The van der Waals surface area contributed by atoms with Crippen LogP contribution in [0.1, 0.15) is 18.9 Å². The first kappa shape index (κ1) is 15.7. The molecule has 1 heterocycles. The van der Waals surface area contributed by atoms with Crippen LogP contribution in [0, 0.1) is 5.82 Å². The molecular formula is C15H22ClFN2O. The molecule has 1 aromatic carbocycles. The number of nitrogens with one attached hydrogen (secondary N) is 1. The van der Waals surface area contributed by atoms with E-state index in [1.54, 1.807) is 18.2 Å². The van der Waals surface area contributed by atoms with Crippen molar-refractivity contribution in [1.82, 2.24) is 10.2 Å². The number of halogens is 2. The highest BCUT2D eigenvalue weighted by Crippen LogP contribution is 2.20. The van der Waals surface area contributed by atoms with Crippen molar-refractivity contribution >= 4 is 11.6 Å². The van der Waals surface area contributed by atoms with E-state index in [1.807, 2.05) is 0 Å². The minimum atomic E-state index is -0.305. The molecule has 0 amide bonds. The van der Waals surface area contributed by atoms with Crippen molar-refractivity contribution in [3.63, 3.8) is 0 Å². The van der Waals surface area contributed by atoms with E-state index in [0.717, 1.165) is 26.1 Å². The first-order chi connectivity index (χ1) is 9.72. The van der Waals surface area contributed by atoms with Crippen LogP contribution in [0.3, 0.4) is 0 Å². The molecule has 20 heavy (non-hydrogen) atoms. The van der Waals surface area contributed by atoms with Crippen LogP contribution in [0.15, 0.2) is 18.2 Å². The molecule has 1 aromatic rings. The molecule has 0 saturated carbocycles. The summed E-state index contributed by atoms with van der Waals surface area (Å²) < 4.78 is 19.5. The molecule has 1 aliphatic rings. The molecule has 0 aliphatic carbocycles. The predicted molar refractivity (Wildman–Crippen MR) is 79.6 cm³/mol. The normalized spacial score (nSPS) is 20.2. The number of ether oxygens (including phenoxy) is 1. The quantitative estimate of drug-likeness (QED) is 0.818. The van der Waals surface area contributed by atoms with E-state index < -0.39 is 0 Å². The molecule has 0 spiro atoms. The Labute approximate surface area is 125 Å². The van der Waals surface area contributed by atoms with Crippen molar-refractivity contribution in [1.29, 1.82) is 0 Å². The Kier molecular flexibility index (Phi) is 6.23. The summed E-state index contributed by atoms with van der Waals surface area (Å²) in [6.07, 6.45) is 1.11. The minimum Gasteiger partial charge on any atom is -0.378 e. The molecule has 0 radical (unpaired) electrons. The van der Waals surface area contributed by atoms with Gasteiger partial charge in [-0.3, -0.25) is 4.90 Å². The van der Waals surface area contributed by atoms with Crippen LogP contribution >= 0.6 is 11.6 Å². The van der Waals surface area contributed by atoms with Crippen molar-refractivity contribution in [2.24, 2.45) is 0 Å². The van der Waals surface area contributed by atoms with Crippen LogP contribution in [0.5, 0.6) is 0 Å². The van der Waals surface area contributed by atoms with E-state index in [0.29, 0.717) is 25.3 Å². The Balaban J connectivity index is 1.99. The van der Waals surface area contributed by atoms with E-state index in [-0.39, 0.29) is 16.9 Å². The van der Waals surface area contributed by atoms with E-state index in [2.05, 4.69) is 17.1 Å². The fraction of sp³-hybridized carbons (Fsp3) is 0.600. The minimum absolute atomic E-state index is 0.191. The van der Waals surface area contributed by atoms with Gasteiger partial charge in [0, 0.05) is 31.2 Å². The molecule has 3 nitrogen and oxygen atoms in total. The summed E-state index contributed by atoms with van der Waals surface area (Å²) in [7, 11) is 0. The van der Waals surface area contributed by atoms with Gasteiger partial charge in [0.2, 0.25) is 0 Å². The molecule has 5 heteroatoms. The van der Waals surface area contributed by atoms with Crippen molar-refractivity contribution in [3.8, 4) is 0 Å². The highest BCUT2D eigenvalue weighted by atomic mass is 35.5. The Morgan fingerprint density at radius 2 is 2.35 bits per heavy atom. The van der Waals surface area contributed by atoms with E-state index >= 15 is 0 Å². The van der Waals surface area contributed by atoms with Crippen LogP contribution in [0.25, 0.3) is 0 Å². The van der Waals surface area contributed by atoms with Gasteiger partial charge >= 0.3 is 0 Å². The van der Waals surface area contributed by atoms with Gasteiger partial charge < -0.3 is 10.1 Å². The van der Waals surface area contributed by atoms with E-state index in [4.69, 9.17) is 16.3 Å². The number of rotatable bonds is 6. The summed E-state index contributed by atoms with van der Waals surface area (Å²) in [6.45, 7) is 6.80. The molecule has 112 valence electrons. The monoisotopic (exact) mass is 300 g/mol. The van der Waals surface area contributed by atoms with Gasteiger partial charge in [0.15, 0.2) is 0 Å². The Bertz CT molecular complexity index is 430. The smallest absolute Gasteiger partial charge is 0.146 e. The third kappa shape index (κ3) is 4.16. The summed E-state index contributed by atoms with van der Waals surface area (Å²) in [6, 6.07) is 5.47. The maximum Gasteiger partial charge on any atom is 0.146 e. The topological polar surface area (TPSA) is 24.5 Å². The first-order valence-electron chi connectivity index (χ1n) is 7.17. The van der Waals surface area contributed by atoms with Gasteiger partial charge in [0.25, 0.3) is 0 Å². The van der Waals surface area contributed by atoms with Gasteiger partial charge in [-0.2, -0.15) is 0 Å². The third-order valence-corrected chi connectivity index (χ3v) is 3.85. The zero-order chi connectivity index (χ0) is 14.4. The average molecular weight is 301 g/mol. The molecule has 1 aliphatic heterocycles. The standard InChI is InChI=1S/C15H22ClFN2O/c1-2-6-18-9-13-11-20-8-7-19(13)10-12-4-3-5-14(16)15(12)17/h3-5,13,18H,2,6-11H2,1H3. The van der Waals surface area contributed by atoms with Crippen LogP contribution in [0.4, 0.5) is 4.39 Å². The van der Waals surface area contributed by atoms with Gasteiger partial charge in [0.1, 0.15) is 5.82 Å². The molecule has 0 bridgehead atoms. The summed E-state index contributed by atoms with van der Waals surface area (Å²) in [5.41, 5.74) is 0.653. The maximum absolute atomic E-state index is 14.0. The molecule has 2 rings (SSSR count). The molecule has 1 atom stereocenters. The van der Waals surface area contributed by atoms with Crippen molar-refractivity contribution in [2.45, 2.75) is 25.9 Å². The number of hydrogen-bond acceptors (Lipinski definition) is 3. The second-order valence-corrected chi connectivity index (χ2v) is 5.52. The maximum atomic E-state index is 14.0. The third-order valence-electron chi connectivity index (χ3n) is 3.56. The second kappa shape index (κ2) is 7.93. The summed E-state index contributed by atoms with van der Waals surface area (Å²) in [4.78, 5) is 2.26. The van der Waals surface area contributed by atoms with Crippen LogP contribution < -0.4 is 5.32 Å². The predicted octanol–water partition coefficient (Wildman–Crippen LogP) is 2.68. The number of hydrogen-bond donors (Lipinski definition) is 1. The summed E-state index contributed by atoms with van der Waals surface area (Å²) >= 11 is 5.84. The van der Waals surface area contributed by atoms with Gasteiger partial charge in [-0.1, -0.05) is 30.7 Å². The first-order valence-corrected chi connectivity index (χ1v) is 7.55. The lowest BCUT2D eigenvalue weighted by Gasteiger charge is -2.35. The van der Waals surface area contributed by atoms with Crippen molar-refractivity contribution in [2.75, 3.05) is 32.8 Å². The van der Waals surface area contributed by atoms with Gasteiger partial charge in [-0.25, -0.2) is 4.39 Å². The van der Waals surface area contributed by atoms with Gasteiger partial charge in [-0.05, 0) is 19.0 Å². The molecule has 1 saturated heterocycles. The van der Waals surface area contributed by atoms with Crippen molar-refractivity contribution < 1.29 is 9.13 Å². The average Bonchev–Trinajstić information content (AvgIpc) is 2.46. The van der Waals surface area contributed by atoms with Crippen LogP contribution in [-0.2, 0) is 11.3 Å². The second-order valence-electron chi connectivity index (χ2n) is 5.12. The van der Waals surface area contributed by atoms with E-state index in [9.17, 15) is 4.39 Å². The lowest BCUT2D eigenvalue weighted by Crippen LogP contribution is -2.50. The summed E-state index contributed by atoms with van der Waals surface area (Å²) in [5.74, 6) is -0.305. The molecule has 1 N–H and O–H groups in total. The fourth-order valence-corrected chi connectivity index (χ4v) is 2.61. The van der Waals surface area contributed by atoms with Crippen LogP contribution in [0.2, 0.25) is 5.02 Å². The number of benzene rings is 1. The van der Waals surface area contributed by atoms with Crippen LogP contribution in [-0.4, -0.2) is 43.8 Å². The molecule has 0 aromatic heterocycles. The number of nitrogens with zero attached hydrogens (tertiary/aromatic N) is 1. The van der Waals surface area contributed by atoms with Crippen molar-refractivity contribution in [3.05, 3.63) is 34.6 Å². The Hall–Kier alpha value is -0.680. The highest BCUT2D eigenvalue weighted by Gasteiger charge is 2.23. The molecule has 1 fully saturated rings. The Morgan fingerprint density at radius 1 is 1.50 bits per heavy atom. The largest absolute Gasteiger partial charge is 0.378 e. The highest BCUT2D eigenvalue weighted by molar-refractivity contribution is 6.30. The zero-order valence-electron chi connectivity index (χ0n) is 11.9. The zero-order valence-corrected chi connectivity index (χ0v) is 12.6. The van der Waals surface area contributed by atoms with Gasteiger partial charge in [-0.15, -0.1) is 0 Å². The van der Waals surface area contributed by atoms with E-state index in [1.165, 1.54) is 0 Å². The summed E-state index contributed by atoms with van der Waals surface area (Å²) in [5, 5.41) is 3.60.